The molecule has 114 valence electrons. The smallest absolute Gasteiger partial charge is 0.233 e. The molecule has 0 aliphatic heterocycles. The quantitative estimate of drug-likeness (QED) is 0.505. The lowest BCUT2D eigenvalue weighted by Crippen LogP contribution is -2.30. The largest absolute Gasteiger partial charge is 0.352 e. The minimum atomic E-state index is -0.203. The van der Waals surface area contributed by atoms with Gasteiger partial charge in [0.05, 0.1) is 10.8 Å². The van der Waals surface area contributed by atoms with E-state index in [-0.39, 0.29) is 11.2 Å². The van der Waals surface area contributed by atoms with Crippen molar-refractivity contribution in [1.82, 2.24) is 15.3 Å². The van der Waals surface area contributed by atoms with Crippen LogP contribution in [0.3, 0.4) is 0 Å². The van der Waals surface area contributed by atoms with Crippen LogP contribution in [0.5, 0.6) is 0 Å². The Morgan fingerprint density at radius 3 is 2.95 bits per heavy atom. The molecule has 2 aromatic rings. The molecule has 1 aromatic carbocycles. The Hall–Kier alpha value is -1.88. The Labute approximate surface area is 134 Å². The maximum atomic E-state index is 12.1. The van der Waals surface area contributed by atoms with Gasteiger partial charge in [-0.2, -0.15) is 0 Å². The zero-order valence-corrected chi connectivity index (χ0v) is 13.4. The van der Waals surface area contributed by atoms with Crippen LogP contribution in [-0.2, 0) is 4.79 Å². The molecule has 1 heterocycles. The molecule has 5 heteroatoms. The van der Waals surface area contributed by atoms with Crippen molar-refractivity contribution in [3.05, 3.63) is 42.7 Å². The van der Waals surface area contributed by atoms with Gasteiger partial charge in [0.1, 0.15) is 10.9 Å². The first kappa shape index (κ1) is 15.0. The Morgan fingerprint density at radius 1 is 1.45 bits per heavy atom. The number of para-hydroxylation sites is 1. The number of fused-ring (bicyclic) bond motifs is 1. The van der Waals surface area contributed by atoms with Crippen molar-refractivity contribution < 1.29 is 4.79 Å². The van der Waals surface area contributed by atoms with Gasteiger partial charge >= 0.3 is 0 Å². The number of thioether (sulfide) groups is 1. The summed E-state index contributed by atoms with van der Waals surface area (Å²) in [5, 5.41) is 4.54. The first-order chi connectivity index (χ1) is 10.7. The fourth-order valence-electron chi connectivity index (χ4n) is 2.22. The van der Waals surface area contributed by atoms with Crippen LogP contribution >= 0.6 is 11.8 Å². The number of carbonyl (C=O) groups excluding carboxylic acids is 1. The Balaban J connectivity index is 1.88. The zero-order chi connectivity index (χ0) is 15.5. The fourth-order valence-corrected chi connectivity index (χ4v) is 3.19. The molecule has 1 amide bonds. The molecule has 1 fully saturated rings. The van der Waals surface area contributed by atoms with Gasteiger partial charge in [-0.15, -0.1) is 6.58 Å². The highest BCUT2D eigenvalue weighted by atomic mass is 32.2. The summed E-state index contributed by atoms with van der Waals surface area (Å²) in [6.07, 6.45) is 4.01. The third-order valence-corrected chi connectivity index (χ3v) is 4.71. The van der Waals surface area contributed by atoms with Gasteiger partial charge in [-0.3, -0.25) is 4.79 Å². The fraction of sp³-hybridized carbons (Fsp3) is 0.353. The van der Waals surface area contributed by atoms with Gasteiger partial charge in [-0.1, -0.05) is 36.0 Å². The van der Waals surface area contributed by atoms with Crippen molar-refractivity contribution in [2.24, 2.45) is 0 Å². The van der Waals surface area contributed by atoms with Crippen LogP contribution in [0.1, 0.15) is 31.5 Å². The number of carbonyl (C=O) groups is 1. The third kappa shape index (κ3) is 3.30. The summed E-state index contributed by atoms with van der Waals surface area (Å²) in [7, 11) is 0. The molecule has 3 rings (SSSR count). The summed E-state index contributed by atoms with van der Waals surface area (Å²) in [6, 6.07) is 7.99. The van der Waals surface area contributed by atoms with E-state index in [0.29, 0.717) is 12.5 Å². The molecule has 4 nitrogen and oxygen atoms in total. The molecule has 0 bridgehead atoms. The summed E-state index contributed by atoms with van der Waals surface area (Å²) in [5.41, 5.74) is 0.959. The number of hydrogen-bond donors (Lipinski definition) is 1. The van der Waals surface area contributed by atoms with E-state index in [1.54, 1.807) is 6.08 Å². The number of rotatable bonds is 6. The van der Waals surface area contributed by atoms with Crippen molar-refractivity contribution in [2.75, 3.05) is 6.54 Å². The van der Waals surface area contributed by atoms with Crippen LogP contribution in [0.2, 0.25) is 0 Å². The van der Waals surface area contributed by atoms with E-state index in [9.17, 15) is 4.79 Å². The molecule has 1 aliphatic carbocycles. The van der Waals surface area contributed by atoms with E-state index in [1.165, 1.54) is 11.8 Å². The lowest BCUT2D eigenvalue weighted by molar-refractivity contribution is -0.120. The summed E-state index contributed by atoms with van der Waals surface area (Å²) < 4.78 is 0. The molecule has 1 atom stereocenters. The van der Waals surface area contributed by atoms with E-state index in [1.807, 2.05) is 31.2 Å². The van der Waals surface area contributed by atoms with Gasteiger partial charge in [-0.25, -0.2) is 9.97 Å². The molecule has 0 saturated heterocycles. The second-order valence-electron chi connectivity index (χ2n) is 5.47. The highest BCUT2D eigenvalue weighted by Gasteiger charge is 2.28. The normalized spacial score (nSPS) is 15.5. The van der Waals surface area contributed by atoms with Crippen LogP contribution in [0, 0.1) is 0 Å². The second-order valence-corrected chi connectivity index (χ2v) is 6.80. The van der Waals surface area contributed by atoms with E-state index in [2.05, 4.69) is 16.9 Å². The van der Waals surface area contributed by atoms with Gasteiger partial charge in [0.2, 0.25) is 5.91 Å². The topological polar surface area (TPSA) is 54.9 Å². The maximum absolute atomic E-state index is 12.1. The van der Waals surface area contributed by atoms with Crippen molar-refractivity contribution in [1.29, 1.82) is 0 Å². The van der Waals surface area contributed by atoms with Gasteiger partial charge in [0.25, 0.3) is 0 Å². The van der Waals surface area contributed by atoms with Crippen LogP contribution in [0.25, 0.3) is 10.9 Å². The van der Waals surface area contributed by atoms with Gasteiger partial charge in [0, 0.05) is 17.8 Å². The van der Waals surface area contributed by atoms with Gasteiger partial charge in [0.15, 0.2) is 0 Å². The molecule has 0 radical (unpaired) electrons. The second kappa shape index (κ2) is 6.48. The number of nitrogens with one attached hydrogen (secondary N) is 1. The minimum absolute atomic E-state index is 0.000523. The van der Waals surface area contributed by atoms with Crippen molar-refractivity contribution in [3.8, 4) is 0 Å². The molecule has 1 saturated carbocycles. The number of hydrogen-bond acceptors (Lipinski definition) is 4. The molecule has 22 heavy (non-hydrogen) atoms. The molecule has 1 aliphatic rings. The molecule has 0 spiro atoms. The summed E-state index contributed by atoms with van der Waals surface area (Å²) >= 11 is 1.49. The molecule has 1 N–H and O–H groups in total. The van der Waals surface area contributed by atoms with Gasteiger partial charge in [-0.05, 0) is 25.8 Å². The molecular weight excluding hydrogens is 294 g/mol. The lowest BCUT2D eigenvalue weighted by atomic mass is 10.2. The standard InChI is InChI=1S/C17H19N3OS/c1-3-10-18-16(21)11(2)22-17-13-6-4-5-7-14(13)19-15(20-17)12-8-9-12/h3-7,11-12H,1,8-10H2,2H3,(H,18,21)/t11-/m1/s1. The highest BCUT2D eigenvalue weighted by Crippen LogP contribution is 2.40. The number of nitrogens with zero attached hydrogens (tertiary/aromatic N) is 2. The number of aromatic nitrogens is 2. The SMILES string of the molecule is C=CCNC(=O)[C@@H](C)Sc1nc(C2CC2)nc2ccccc12. The van der Waals surface area contributed by atoms with E-state index in [4.69, 9.17) is 4.98 Å². The van der Waals surface area contributed by atoms with Crippen LogP contribution < -0.4 is 5.32 Å². The zero-order valence-electron chi connectivity index (χ0n) is 12.6. The predicted octanol–water partition coefficient (Wildman–Crippen LogP) is 3.29. The molecule has 1 aromatic heterocycles. The summed E-state index contributed by atoms with van der Waals surface area (Å²) in [4.78, 5) is 21.4. The lowest BCUT2D eigenvalue weighted by Gasteiger charge is -2.13. The van der Waals surface area contributed by atoms with E-state index < -0.39 is 0 Å². The number of benzene rings is 1. The number of amides is 1. The Kier molecular flexibility index (Phi) is 4.43. The molecular formula is C17H19N3OS. The highest BCUT2D eigenvalue weighted by molar-refractivity contribution is 8.00. The van der Waals surface area contributed by atoms with Crippen LogP contribution in [-0.4, -0.2) is 27.7 Å². The van der Waals surface area contributed by atoms with Crippen molar-refractivity contribution in [2.45, 2.75) is 36.0 Å². The van der Waals surface area contributed by atoms with Crippen LogP contribution in [0.4, 0.5) is 0 Å². The third-order valence-electron chi connectivity index (χ3n) is 3.61. The van der Waals surface area contributed by atoms with Gasteiger partial charge < -0.3 is 5.32 Å². The van der Waals surface area contributed by atoms with E-state index >= 15 is 0 Å². The van der Waals surface area contributed by atoms with Crippen molar-refractivity contribution in [3.63, 3.8) is 0 Å². The Morgan fingerprint density at radius 2 is 2.23 bits per heavy atom. The summed E-state index contributed by atoms with van der Waals surface area (Å²) in [6.45, 7) is 6.00. The maximum Gasteiger partial charge on any atom is 0.233 e. The van der Waals surface area contributed by atoms with Crippen molar-refractivity contribution >= 4 is 28.6 Å². The monoisotopic (exact) mass is 313 g/mol. The van der Waals surface area contributed by atoms with Crippen LogP contribution in [0.15, 0.2) is 41.9 Å². The molecule has 0 unspecified atom stereocenters. The minimum Gasteiger partial charge on any atom is -0.352 e. The van der Waals surface area contributed by atoms with E-state index in [0.717, 1.165) is 34.6 Å². The first-order valence-corrected chi connectivity index (χ1v) is 8.39. The first-order valence-electron chi connectivity index (χ1n) is 7.51. The predicted molar refractivity (Wildman–Crippen MR) is 90.0 cm³/mol. The average Bonchev–Trinajstić information content (AvgIpc) is 3.37. The summed E-state index contributed by atoms with van der Waals surface area (Å²) in [5.74, 6) is 1.41. The average molecular weight is 313 g/mol. The Bertz CT molecular complexity index is 712.